The first-order valence-electron chi connectivity index (χ1n) is 8.56. The summed E-state index contributed by atoms with van der Waals surface area (Å²) in [6, 6.07) is 16.6. The van der Waals surface area contributed by atoms with E-state index >= 15 is 0 Å². The van der Waals surface area contributed by atoms with E-state index in [9.17, 15) is 14.0 Å². The molecule has 3 rings (SSSR count). The Labute approximate surface area is 156 Å². The maximum Gasteiger partial charge on any atom is 0.343 e. The molecule has 2 aromatic carbocycles. The summed E-state index contributed by atoms with van der Waals surface area (Å²) in [5, 5.41) is 8.87. The Morgan fingerprint density at radius 3 is 2.26 bits per heavy atom. The average molecular weight is 373 g/mol. The van der Waals surface area contributed by atoms with Crippen molar-refractivity contribution in [3.63, 3.8) is 0 Å². The van der Waals surface area contributed by atoms with Crippen LogP contribution >= 0.6 is 0 Å². The normalized spacial score (nSPS) is 18.9. The van der Waals surface area contributed by atoms with Crippen LogP contribution in [0.25, 0.3) is 0 Å². The minimum atomic E-state index is -2.37. The predicted octanol–water partition coefficient (Wildman–Crippen LogP) is 2.67. The predicted molar refractivity (Wildman–Crippen MR) is 95.4 cm³/mol. The van der Waals surface area contributed by atoms with Gasteiger partial charge in [-0.05, 0) is 29.8 Å². The summed E-state index contributed by atoms with van der Waals surface area (Å²) in [5.74, 6) is -0.843. The number of halogens is 1. The van der Waals surface area contributed by atoms with Gasteiger partial charge in [0.15, 0.2) is 6.61 Å². The lowest BCUT2D eigenvalue weighted by Gasteiger charge is -2.18. The van der Waals surface area contributed by atoms with Gasteiger partial charge in [0, 0.05) is 13.0 Å². The van der Waals surface area contributed by atoms with Gasteiger partial charge in [-0.25, -0.2) is 9.18 Å². The number of carboxylic acid groups (broad SMARTS) is 1. The van der Waals surface area contributed by atoms with E-state index < -0.39 is 24.1 Å². The van der Waals surface area contributed by atoms with Crippen LogP contribution in [0.4, 0.5) is 4.39 Å². The summed E-state index contributed by atoms with van der Waals surface area (Å²) in [5.41, 5.74) is -1.31. The Balaban J connectivity index is 1.46. The second-order valence-corrected chi connectivity index (χ2v) is 6.37. The van der Waals surface area contributed by atoms with E-state index in [1.165, 1.54) is 4.90 Å². The van der Waals surface area contributed by atoms with Crippen molar-refractivity contribution in [3.05, 3.63) is 60.2 Å². The molecular formula is C20H20FNO5. The number of aliphatic carboxylic acids is 1. The average Bonchev–Trinajstić information content (AvgIpc) is 3.10. The van der Waals surface area contributed by atoms with Crippen molar-refractivity contribution in [1.29, 1.82) is 0 Å². The zero-order valence-corrected chi connectivity index (χ0v) is 14.6. The van der Waals surface area contributed by atoms with Crippen LogP contribution in [0.1, 0.15) is 12.0 Å². The van der Waals surface area contributed by atoms with Crippen LogP contribution in [0, 0.1) is 0 Å². The molecule has 1 amide bonds. The molecule has 7 heteroatoms. The van der Waals surface area contributed by atoms with Crippen LogP contribution in [0.5, 0.6) is 11.5 Å². The second kappa shape index (κ2) is 8.07. The minimum absolute atomic E-state index is 0.0667. The molecule has 0 radical (unpaired) electrons. The molecule has 1 aliphatic heterocycles. The minimum Gasteiger partial charge on any atom is -0.489 e. The van der Waals surface area contributed by atoms with E-state index in [0.717, 1.165) is 5.56 Å². The molecule has 1 fully saturated rings. The van der Waals surface area contributed by atoms with Gasteiger partial charge in [0.1, 0.15) is 18.1 Å². The van der Waals surface area contributed by atoms with Crippen LogP contribution in [0.2, 0.25) is 0 Å². The molecule has 1 aliphatic rings. The van der Waals surface area contributed by atoms with Gasteiger partial charge < -0.3 is 19.5 Å². The van der Waals surface area contributed by atoms with Gasteiger partial charge in [-0.1, -0.05) is 30.3 Å². The fraction of sp³-hybridized carbons (Fsp3) is 0.300. The maximum atomic E-state index is 14.0. The van der Waals surface area contributed by atoms with Crippen molar-refractivity contribution in [1.82, 2.24) is 4.90 Å². The van der Waals surface area contributed by atoms with Crippen molar-refractivity contribution in [2.75, 3.05) is 19.7 Å². The molecule has 2 aromatic rings. The molecule has 1 atom stereocenters. The van der Waals surface area contributed by atoms with Crippen molar-refractivity contribution in [2.45, 2.75) is 18.7 Å². The maximum absolute atomic E-state index is 14.0. The molecule has 1 saturated heterocycles. The van der Waals surface area contributed by atoms with E-state index in [2.05, 4.69) is 0 Å². The van der Waals surface area contributed by atoms with Crippen LogP contribution in [0.3, 0.4) is 0 Å². The first kappa shape index (κ1) is 18.7. The SMILES string of the molecule is O=C(COc1ccc(OCc2ccccc2)cc1)N1CCC(F)(C(=O)O)C1. The van der Waals surface area contributed by atoms with Crippen LogP contribution in [-0.4, -0.2) is 47.2 Å². The van der Waals surface area contributed by atoms with Crippen molar-refractivity contribution in [3.8, 4) is 11.5 Å². The molecule has 0 aliphatic carbocycles. The fourth-order valence-electron chi connectivity index (χ4n) is 2.77. The molecule has 1 heterocycles. The highest BCUT2D eigenvalue weighted by Gasteiger charge is 2.46. The molecule has 0 aromatic heterocycles. The number of hydrogen-bond donors (Lipinski definition) is 1. The lowest BCUT2D eigenvalue weighted by Crippen LogP contribution is -2.40. The third-order valence-corrected chi connectivity index (χ3v) is 4.39. The van der Waals surface area contributed by atoms with Crippen molar-refractivity contribution in [2.24, 2.45) is 0 Å². The largest absolute Gasteiger partial charge is 0.489 e. The quantitative estimate of drug-likeness (QED) is 0.808. The molecule has 0 bridgehead atoms. The summed E-state index contributed by atoms with van der Waals surface area (Å²) in [6.45, 7) is -0.211. The second-order valence-electron chi connectivity index (χ2n) is 6.37. The van der Waals surface area contributed by atoms with Gasteiger partial charge >= 0.3 is 5.97 Å². The Morgan fingerprint density at radius 2 is 1.67 bits per heavy atom. The number of amides is 1. The van der Waals surface area contributed by atoms with Gasteiger partial charge in [-0.15, -0.1) is 0 Å². The van der Waals surface area contributed by atoms with Gasteiger partial charge in [0.05, 0.1) is 6.54 Å². The highest BCUT2D eigenvalue weighted by atomic mass is 19.1. The summed E-state index contributed by atoms with van der Waals surface area (Å²) in [6.07, 6.45) is -0.207. The molecule has 142 valence electrons. The first-order chi connectivity index (χ1) is 13.0. The van der Waals surface area contributed by atoms with E-state index in [1.807, 2.05) is 30.3 Å². The highest BCUT2D eigenvalue weighted by molar-refractivity contribution is 5.83. The number of carbonyl (C=O) groups excluding carboxylic acids is 1. The first-order valence-corrected chi connectivity index (χ1v) is 8.56. The lowest BCUT2D eigenvalue weighted by atomic mass is 10.1. The topological polar surface area (TPSA) is 76.1 Å². The Bertz CT molecular complexity index is 796. The molecular weight excluding hydrogens is 353 g/mol. The molecule has 6 nitrogen and oxygen atoms in total. The number of likely N-dealkylation sites (tertiary alicyclic amines) is 1. The summed E-state index contributed by atoms with van der Waals surface area (Å²) >= 11 is 0. The third kappa shape index (κ3) is 4.75. The van der Waals surface area contributed by atoms with Crippen LogP contribution in [-0.2, 0) is 16.2 Å². The van der Waals surface area contributed by atoms with Gasteiger partial charge in [-0.3, -0.25) is 4.79 Å². The van der Waals surface area contributed by atoms with Crippen LogP contribution < -0.4 is 9.47 Å². The van der Waals surface area contributed by atoms with Gasteiger partial charge in [-0.2, -0.15) is 0 Å². The van der Waals surface area contributed by atoms with E-state index in [1.54, 1.807) is 24.3 Å². The number of rotatable bonds is 7. The third-order valence-electron chi connectivity index (χ3n) is 4.39. The van der Waals surface area contributed by atoms with E-state index in [0.29, 0.717) is 18.1 Å². The summed E-state index contributed by atoms with van der Waals surface area (Å²) in [7, 11) is 0. The zero-order valence-electron chi connectivity index (χ0n) is 14.6. The molecule has 1 unspecified atom stereocenters. The highest BCUT2D eigenvalue weighted by Crippen LogP contribution is 2.26. The van der Waals surface area contributed by atoms with E-state index in [4.69, 9.17) is 14.6 Å². The molecule has 0 saturated carbocycles. The zero-order chi connectivity index (χ0) is 19.3. The standard InChI is InChI=1S/C20H20FNO5/c21-20(19(24)25)10-11-22(14-20)18(23)13-27-17-8-6-16(7-9-17)26-12-15-4-2-1-3-5-15/h1-9H,10-14H2,(H,24,25). The lowest BCUT2D eigenvalue weighted by molar-refractivity contribution is -0.150. The molecule has 0 spiro atoms. The summed E-state index contributed by atoms with van der Waals surface area (Å²) in [4.78, 5) is 24.1. The number of benzene rings is 2. The van der Waals surface area contributed by atoms with Gasteiger partial charge in [0.2, 0.25) is 5.67 Å². The van der Waals surface area contributed by atoms with E-state index in [-0.39, 0.29) is 19.6 Å². The van der Waals surface area contributed by atoms with Crippen LogP contribution in [0.15, 0.2) is 54.6 Å². The number of nitrogens with zero attached hydrogens (tertiary/aromatic N) is 1. The number of hydrogen-bond acceptors (Lipinski definition) is 4. The number of ether oxygens (including phenoxy) is 2. The number of alkyl halides is 1. The number of carbonyl (C=O) groups is 2. The Kier molecular flexibility index (Phi) is 5.59. The van der Waals surface area contributed by atoms with Crippen molar-refractivity contribution >= 4 is 11.9 Å². The Morgan fingerprint density at radius 1 is 1.04 bits per heavy atom. The van der Waals surface area contributed by atoms with Gasteiger partial charge in [0.25, 0.3) is 5.91 Å². The summed E-state index contributed by atoms with van der Waals surface area (Å²) < 4.78 is 25.1. The smallest absolute Gasteiger partial charge is 0.343 e. The van der Waals surface area contributed by atoms with Crippen molar-refractivity contribution < 1.29 is 28.6 Å². The fourth-order valence-corrected chi connectivity index (χ4v) is 2.77. The molecule has 27 heavy (non-hydrogen) atoms. The molecule has 1 N–H and O–H groups in total. The monoisotopic (exact) mass is 373 g/mol. The Hall–Kier alpha value is -3.09. The number of carboxylic acids is 1.